The Balaban J connectivity index is 1.34. The van der Waals surface area contributed by atoms with Gasteiger partial charge in [0.25, 0.3) is 0 Å². The molecule has 1 aliphatic rings. The highest BCUT2D eigenvalue weighted by molar-refractivity contribution is 9.10. The van der Waals surface area contributed by atoms with Gasteiger partial charge in [0.2, 0.25) is 10.0 Å². The van der Waals surface area contributed by atoms with E-state index in [0.29, 0.717) is 52.3 Å². The molecular weight excluding hydrogens is 685 g/mol. The van der Waals surface area contributed by atoms with Gasteiger partial charge in [-0.15, -0.1) is 0 Å². The summed E-state index contributed by atoms with van der Waals surface area (Å²) >= 11 is 3.36. The number of aromatic nitrogens is 2. The Bertz CT molecular complexity index is 2010. The lowest BCUT2D eigenvalue weighted by atomic mass is 10.0. The molecule has 0 aliphatic carbocycles. The van der Waals surface area contributed by atoms with Crippen molar-refractivity contribution in [2.24, 2.45) is 0 Å². The normalized spacial score (nSPS) is 14.9. The molecule has 0 N–H and O–H groups in total. The Labute approximate surface area is 273 Å². The molecule has 46 heavy (non-hydrogen) atoms. The van der Waals surface area contributed by atoms with E-state index in [-0.39, 0.29) is 23.7 Å². The molecule has 3 aromatic carbocycles. The average Bonchev–Trinajstić information content (AvgIpc) is 3.42. The Morgan fingerprint density at radius 1 is 0.848 bits per heavy atom. The van der Waals surface area contributed by atoms with Gasteiger partial charge in [0.1, 0.15) is 22.0 Å². The highest BCUT2D eigenvalue weighted by Gasteiger charge is 2.32. The van der Waals surface area contributed by atoms with Crippen molar-refractivity contribution >= 4 is 31.6 Å². The molecule has 3 heterocycles. The number of hydrogen-bond donors (Lipinski definition) is 0. The topological polar surface area (TPSA) is 76.4 Å². The largest absolute Gasteiger partial charge is 0.497 e. The van der Waals surface area contributed by atoms with Crippen LogP contribution in [0.3, 0.4) is 0 Å². The first kappa shape index (κ1) is 32.0. The second-order valence-electron chi connectivity index (χ2n) is 10.8. The SMILES string of the molecule is COc1cccc(-c2nc3ccc(-c4cccc(C(F)(F)F)c4)cn3c2CN2CCN(S(=O)(=O)c3cc(Br)ccc3OC)CC2)c1. The van der Waals surface area contributed by atoms with Crippen LogP contribution in [-0.4, -0.2) is 67.4 Å². The summed E-state index contributed by atoms with van der Waals surface area (Å²) in [7, 11) is -0.792. The average molecular weight is 716 g/mol. The third kappa shape index (κ3) is 6.37. The fourth-order valence-electron chi connectivity index (χ4n) is 5.62. The fraction of sp³-hybridized carbons (Fsp3) is 0.242. The zero-order chi connectivity index (χ0) is 32.6. The van der Waals surface area contributed by atoms with Crippen LogP contribution in [0.4, 0.5) is 13.2 Å². The van der Waals surface area contributed by atoms with E-state index in [0.717, 1.165) is 23.4 Å². The summed E-state index contributed by atoms with van der Waals surface area (Å²) < 4.78 is 82.4. The monoisotopic (exact) mass is 714 g/mol. The Kier molecular flexibility index (Phi) is 8.85. The van der Waals surface area contributed by atoms with Gasteiger partial charge in [-0.3, -0.25) is 4.90 Å². The van der Waals surface area contributed by atoms with Crippen LogP contribution < -0.4 is 9.47 Å². The summed E-state index contributed by atoms with van der Waals surface area (Å²) in [4.78, 5) is 7.16. The van der Waals surface area contributed by atoms with Crippen molar-refractivity contribution in [3.8, 4) is 33.9 Å². The first-order chi connectivity index (χ1) is 22.0. The van der Waals surface area contributed by atoms with E-state index in [1.54, 1.807) is 49.7 Å². The van der Waals surface area contributed by atoms with Gasteiger partial charge in [-0.25, -0.2) is 13.4 Å². The summed E-state index contributed by atoms with van der Waals surface area (Å²) in [6.07, 6.45) is -2.66. The minimum atomic E-state index is -4.46. The van der Waals surface area contributed by atoms with Gasteiger partial charge in [0.15, 0.2) is 0 Å². The van der Waals surface area contributed by atoms with Crippen LogP contribution in [0.2, 0.25) is 0 Å². The van der Waals surface area contributed by atoms with E-state index in [9.17, 15) is 21.6 Å². The van der Waals surface area contributed by atoms with Crippen LogP contribution in [0.1, 0.15) is 11.3 Å². The van der Waals surface area contributed by atoms with Gasteiger partial charge in [-0.2, -0.15) is 17.5 Å². The number of fused-ring (bicyclic) bond motifs is 1. The van der Waals surface area contributed by atoms with Crippen LogP contribution in [-0.2, 0) is 22.7 Å². The fourth-order valence-corrected chi connectivity index (χ4v) is 7.74. The first-order valence-corrected chi connectivity index (χ1v) is 16.6. The molecule has 0 spiro atoms. The van der Waals surface area contributed by atoms with E-state index < -0.39 is 21.8 Å². The van der Waals surface area contributed by atoms with Crippen LogP contribution in [0, 0.1) is 0 Å². The number of rotatable bonds is 8. The minimum absolute atomic E-state index is 0.0991. The molecule has 240 valence electrons. The van der Waals surface area contributed by atoms with Gasteiger partial charge < -0.3 is 13.9 Å². The number of piperazine rings is 1. The van der Waals surface area contributed by atoms with Crippen molar-refractivity contribution in [3.05, 3.63) is 101 Å². The van der Waals surface area contributed by atoms with Crippen molar-refractivity contribution in [2.45, 2.75) is 17.6 Å². The van der Waals surface area contributed by atoms with Gasteiger partial charge in [-0.1, -0.05) is 40.2 Å². The predicted octanol–water partition coefficient (Wildman–Crippen LogP) is 6.97. The highest BCUT2D eigenvalue weighted by Crippen LogP contribution is 2.35. The van der Waals surface area contributed by atoms with E-state index >= 15 is 0 Å². The number of imidazole rings is 1. The smallest absolute Gasteiger partial charge is 0.416 e. The van der Waals surface area contributed by atoms with E-state index in [2.05, 4.69) is 20.8 Å². The Morgan fingerprint density at radius 3 is 2.30 bits per heavy atom. The van der Waals surface area contributed by atoms with Crippen LogP contribution in [0.15, 0.2) is 94.4 Å². The summed E-state index contributed by atoms with van der Waals surface area (Å²) in [5, 5.41) is 0. The Hall–Kier alpha value is -3.91. The maximum Gasteiger partial charge on any atom is 0.416 e. The predicted molar refractivity (Wildman–Crippen MR) is 172 cm³/mol. The number of ether oxygens (including phenoxy) is 2. The number of benzene rings is 3. The van der Waals surface area contributed by atoms with Crippen molar-refractivity contribution < 1.29 is 31.1 Å². The zero-order valence-electron chi connectivity index (χ0n) is 25.0. The lowest BCUT2D eigenvalue weighted by molar-refractivity contribution is -0.137. The van der Waals surface area contributed by atoms with Gasteiger partial charge in [-0.05, 0) is 65.7 Å². The molecule has 0 radical (unpaired) electrons. The van der Waals surface area contributed by atoms with E-state index in [4.69, 9.17) is 14.5 Å². The summed E-state index contributed by atoms with van der Waals surface area (Å²) in [6, 6.07) is 21.2. The van der Waals surface area contributed by atoms with Gasteiger partial charge >= 0.3 is 6.18 Å². The molecule has 13 heteroatoms. The maximum absolute atomic E-state index is 13.6. The molecule has 0 bridgehead atoms. The summed E-state index contributed by atoms with van der Waals surface area (Å²) in [5.41, 5.74) is 3.29. The van der Waals surface area contributed by atoms with E-state index in [1.165, 1.54) is 17.5 Å². The molecule has 0 amide bonds. The standard InChI is InChI=1S/C33H30BrF3N4O4S/c1-44-27-8-4-6-23(18-27)32-28(41-20-24(9-12-31(41)38-32)22-5-3-7-25(17-22)33(35,36)37)21-39-13-15-40(16-14-39)46(42,43)30-19-26(34)10-11-29(30)45-2/h3-12,17-20H,13-16,21H2,1-2H3. The molecule has 0 unspecified atom stereocenters. The molecule has 0 saturated carbocycles. The zero-order valence-corrected chi connectivity index (χ0v) is 27.4. The van der Waals surface area contributed by atoms with Gasteiger partial charge in [0.05, 0.1) is 31.2 Å². The Morgan fingerprint density at radius 2 is 1.59 bits per heavy atom. The van der Waals surface area contributed by atoms with Crippen molar-refractivity contribution in [1.82, 2.24) is 18.6 Å². The number of methoxy groups -OCH3 is 2. The number of pyridine rings is 1. The molecule has 5 aromatic rings. The second-order valence-corrected chi connectivity index (χ2v) is 13.7. The number of hydrogen-bond acceptors (Lipinski definition) is 6. The summed E-state index contributed by atoms with van der Waals surface area (Å²) in [5.74, 6) is 0.933. The van der Waals surface area contributed by atoms with Crippen LogP contribution in [0.5, 0.6) is 11.5 Å². The molecule has 1 aliphatic heterocycles. The lowest BCUT2D eigenvalue weighted by Gasteiger charge is -2.34. The third-order valence-electron chi connectivity index (χ3n) is 8.03. The molecule has 2 aromatic heterocycles. The molecule has 0 atom stereocenters. The van der Waals surface area contributed by atoms with Gasteiger partial charge in [0, 0.05) is 49.0 Å². The third-order valence-corrected chi connectivity index (χ3v) is 10.4. The van der Waals surface area contributed by atoms with Crippen LogP contribution >= 0.6 is 15.9 Å². The van der Waals surface area contributed by atoms with Crippen molar-refractivity contribution in [1.29, 1.82) is 0 Å². The quantitative estimate of drug-likeness (QED) is 0.173. The number of halogens is 4. The number of alkyl halides is 3. The van der Waals surface area contributed by atoms with Crippen molar-refractivity contribution in [2.75, 3.05) is 40.4 Å². The highest BCUT2D eigenvalue weighted by atomic mass is 79.9. The molecular formula is C33H30BrF3N4O4S. The van der Waals surface area contributed by atoms with Crippen molar-refractivity contribution in [3.63, 3.8) is 0 Å². The number of sulfonamides is 1. The molecule has 6 rings (SSSR count). The maximum atomic E-state index is 13.6. The number of nitrogens with zero attached hydrogens (tertiary/aromatic N) is 4. The molecule has 1 fully saturated rings. The summed E-state index contributed by atoms with van der Waals surface area (Å²) in [6.45, 7) is 1.85. The lowest BCUT2D eigenvalue weighted by Crippen LogP contribution is -2.48. The van der Waals surface area contributed by atoms with Crippen LogP contribution in [0.25, 0.3) is 28.0 Å². The molecule has 8 nitrogen and oxygen atoms in total. The minimum Gasteiger partial charge on any atom is -0.497 e. The van der Waals surface area contributed by atoms with E-state index in [1.807, 2.05) is 28.7 Å². The molecule has 1 saturated heterocycles. The first-order valence-electron chi connectivity index (χ1n) is 14.4. The second kappa shape index (κ2) is 12.7.